The van der Waals surface area contributed by atoms with Crippen LogP contribution in [0.2, 0.25) is 0 Å². The monoisotopic (exact) mass is 437 g/mol. The van der Waals surface area contributed by atoms with E-state index in [1.807, 2.05) is 13.8 Å². The lowest BCUT2D eigenvalue weighted by molar-refractivity contribution is -0.130. The van der Waals surface area contributed by atoms with Gasteiger partial charge in [-0.1, -0.05) is 26.7 Å². The summed E-state index contributed by atoms with van der Waals surface area (Å²) < 4.78 is 26.8. The van der Waals surface area contributed by atoms with Crippen LogP contribution < -0.4 is 15.5 Å². The van der Waals surface area contributed by atoms with Gasteiger partial charge in [0.2, 0.25) is 11.8 Å². The first-order valence-electron chi connectivity index (χ1n) is 10.8. The van der Waals surface area contributed by atoms with E-state index in [-0.39, 0.29) is 11.8 Å². The Balaban J connectivity index is 1.65. The third-order valence-corrected chi connectivity index (χ3v) is 5.87. The van der Waals surface area contributed by atoms with Gasteiger partial charge in [0.05, 0.1) is 5.94 Å². The zero-order chi connectivity index (χ0) is 22.7. The quantitative estimate of drug-likeness (QED) is 0.415. The number of rotatable bonds is 10. The summed E-state index contributed by atoms with van der Waals surface area (Å²) in [6.07, 6.45) is 3.38. The molecule has 2 aliphatic rings. The predicted octanol–water partition coefficient (Wildman–Crippen LogP) is 1.37. The van der Waals surface area contributed by atoms with Gasteiger partial charge < -0.3 is 25.6 Å². The van der Waals surface area contributed by atoms with E-state index >= 15 is 0 Å². The molecule has 7 nitrogen and oxygen atoms in total. The van der Waals surface area contributed by atoms with Crippen molar-refractivity contribution in [2.45, 2.75) is 64.0 Å². The number of amides is 2. The molecule has 3 atom stereocenters. The molecule has 10 heteroatoms. The Bertz CT molecular complexity index is 807. The standard InChI is InChI=1S/C21H30BF2N3O4/c1-12(2)9-19(22(30)31)26-20(28)17(10-13-3-4-13)25-21(29)18-7-8-27(18)14-5-6-15(23)16(24)11-14/h5-6,11-13,17-19,30-31H,3-4,7-10H2,1-2H3,(H,25,29)(H,26,28). The molecule has 3 rings (SSSR count). The van der Waals surface area contributed by atoms with Crippen LogP contribution in [0.5, 0.6) is 0 Å². The van der Waals surface area contributed by atoms with Gasteiger partial charge in [0.25, 0.3) is 0 Å². The summed E-state index contributed by atoms with van der Waals surface area (Å²) in [5, 5.41) is 24.6. The fraction of sp³-hybridized carbons (Fsp3) is 0.619. The molecule has 0 aromatic heterocycles. The molecule has 31 heavy (non-hydrogen) atoms. The van der Waals surface area contributed by atoms with Gasteiger partial charge in [-0.05, 0) is 43.2 Å². The highest BCUT2D eigenvalue weighted by Crippen LogP contribution is 2.34. The molecule has 1 saturated carbocycles. The van der Waals surface area contributed by atoms with Crippen molar-refractivity contribution in [3.8, 4) is 0 Å². The van der Waals surface area contributed by atoms with Crippen molar-refractivity contribution in [2.75, 3.05) is 11.4 Å². The highest BCUT2D eigenvalue weighted by molar-refractivity contribution is 6.43. The Kier molecular flexibility index (Phi) is 7.53. The van der Waals surface area contributed by atoms with Crippen LogP contribution in [0, 0.1) is 23.5 Å². The molecule has 1 heterocycles. The number of nitrogens with one attached hydrogen (secondary N) is 2. The normalized spacial score (nSPS) is 20.1. The van der Waals surface area contributed by atoms with E-state index in [1.165, 1.54) is 6.07 Å². The van der Waals surface area contributed by atoms with Crippen LogP contribution >= 0.6 is 0 Å². The first-order chi connectivity index (χ1) is 14.7. The highest BCUT2D eigenvalue weighted by atomic mass is 19.2. The minimum absolute atomic E-state index is 0.142. The van der Waals surface area contributed by atoms with E-state index in [4.69, 9.17) is 0 Å². The van der Waals surface area contributed by atoms with Crippen LogP contribution in [0.15, 0.2) is 18.2 Å². The van der Waals surface area contributed by atoms with E-state index in [0.717, 1.165) is 25.0 Å². The summed E-state index contributed by atoms with van der Waals surface area (Å²) in [6.45, 7) is 4.35. The molecule has 1 aromatic carbocycles. The molecule has 2 fully saturated rings. The van der Waals surface area contributed by atoms with Gasteiger partial charge in [0, 0.05) is 18.3 Å². The maximum Gasteiger partial charge on any atom is 0.475 e. The van der Waals surface area contributed by atoms with Crippen LogP contribution in [0.1, 0.15) is 46.0 Å². The summed E-state index contributed by atoms with van der Waals surface area (Å²) >= 11 is 0. The number of carbonyl (C=O) groups excluding carboxylic acids is 2. The number of halogens is 2. The van der Waals surface area contributed by atoms with Crippen LogP contribution in [-0.2, 0) is 9.59 Å². The van der Waals surface area contributed by atoms with Crippen molar-refractivity contribution in [3.05, 3.63) is 29.8 Å². The van der Waals surface area contributed by atoms with E-state index in [1.54, 1.807) is 4.90 Å². The van der Waals surface area contributed by atoms with Gasteiger partial charge in [-0.25, -0.2) is 8.78 Å². The Morgan fingerprint density at radius 2 is 1.87 bits per heavy atom. The minimum atomic E-state index is -1.70. The van der Waals surface area contributed by atoms with Crippen LogP contribution in [0.3, 0.4) is 0 Å². The molecule has 0 radical (unpaired) electrons. The molecule has 3 unspecified atom stereocenters. The Hall–Kier alpha value is -2.20. The topological polar surface area (TPSA) is 102 Å². The van der Waals surface area contributed by atoms with Crippen LogP contribution in [0.25, 0.3) is 0 Å². The molecule has 4 N–H and O–H groups in total. The first kappa shape index (κ1) is 23.5. The predicted molar refractivity (Wildman–Crippen MR) is 113 cm³/mol. The average Bonchev–Trinajstić information content (AvgIpc) is 3.46. The number of hydrogen-bond donors (Lipinski definition) is 4. The number of anilines is 1. The van der Waals surface area contributed by atoms with Gasteiger partial charge in [-0.15, -0.1) is 0 Å². The molecule has 0 spiro atoms. The van der Waals surface area contributed by atoms with Crippen molar-refractivity contribution in [2.24, 2.45) is 11.8 Å². The minimum Gasteiger partial charge on any atom is -0.426 e. The fourth-order valence-electron chi connectivity index (χ4n) is 3.87. The van der Waals surface area contributed by atoms with Crippen molar-refractivity contribution >= 4 is 24.6 Å². The van der Waals surface area contributed by atoms with Gasteiger partial charge in [-0.3, -0.25) is 9.59 Å². The number of carbonyl (C=O) groups is 2. The second kappa shape index (κ2) is 9.95. The molecule has 1 aliphatic heterocycles. The van der Waals surface area contributed by atoms with Gasteiger partial charge >= 0.3 is 7.12 Å². The average molecular weight is 437 g/mol. The molecule has 1 aliphatic carbocycles. The lowest BCUT2D eigenvalue weighted by Crippen LogP contribution is -2.61. The molecule has 1 saturated heterocycles. The second-order valence-electron chi connectivity index (χ2n) is 8.99. The van der Waals surface area contributed by atoms with E-state index in [2.05, 4.69) is 10.6 Å². The highest BCUT2D eigenvalue weighted by Gasteiger charge is 2.39. The molecular formula is C21H30BF2N3O4. The lowest BCUT2D eigenvalue weighted by Gasteiger charge is -2.42. The van der Waals surface area contributed by atoms with Gasteiger partial charge in [-0.2, -0.15) is 0 Å². The zero-order valence-electron chi connectivity index (χ0n) is 17.9. The summed E-state index contributed by atoms with van der Waals surface area (Å²) in [5.74, 6) is -3.07. The number of benzene rings is 1. The van der Waals surface area contributed by atoms with Crippen molar-refractivity contribution in [1.82, 2.24) is 10.6 Å². The Labute approximate surface area is 181 Å². The van der Waals surface area contributed by atoms with Gasteiger partial charge in [0.15, 0.2) is 11.6 Å². The Morgan fingerprint density at radius 1 is 1.16 bits per heavy atom. The third-order valence-electron chi connectivity index (χ3n) is 5.87. The summed E-state index contributed by atoms with van der Waals surface area (Å²) in [6, 6.07) is 2.14. The molecule has 2 amide bonds. The Morgan fingerprint density at radius 3 is 2.39 bits per heavy atom. The SMILES string of the molecule is CC(C)CC(NC(=O)C(CC1CC1)NC(=O)C1CCN1c1ccc(F)c(F)c1)B(O)O. The largest absolute Gasteiger partial charge is 0.475 e. The van der Waals surface area contributed by atoms with E-state index in [0.29, 0.717) is 37.4 Å². The molecule has 170 valence electrons. The number of hydrogen-bond acceptors (Lipinski definition) is 5. The second-order valence-corrected chi connectivity index (χ2v) is 8.99. The maximum absolute atomic E-state index is 13.6. The molecule has 1 aromatic rings. The smallest absolute Gasteiger partial charge is 0.426 e. The molecular weight excluding hydrogens is 407 g/mol. The fourth-order valence-corrected chi connectivity index (χ4v) is 3.87. The van der Waals surface area contributed by atoms with Crippen molar-refractivity contribution in [3.63, 3.8) is 0 Å². The lowest BCUT2D eigenvalue weighted by atomic mass is 9.75. The van der Waals surface area contributed by atoms with Crippen LogP contribution in [0.4, 0.5) is 14.5 Å². The van der Waals surface area contributed by atoms with E-state index in [9.17, 15) is 28.4 Å². The summed E-state index contributed by atoms with van der Waals surface area (Å²) in [7, 11) is -1.70. The van der Waals surface area contributed by atoms with Crippen molar-refractivity contribution < 1.29 is 28.4 Å². The van der Waals surface area contributed by atoms with E-state index < -0.39 is 42.7 Å². The third kappa shape index (κ3) is 6.16. The van der Waals surface area contributed by atoms with Crippen molar-refractivity contribution in [1.29, 1.82) is 0 Å². The first-order valence-corrected chi connectivity index (χ1v) is 10.8. The maximum atomic E-state index is 13.6. The summed E-state index contributed by atoms with van der Waals surface area (Å²) in [5.41, 5.74) is 0.411. The summed E-state index contributed by atoms with van der Waals surface area (Å²) in [4.78, 5) is 27.4. The van der Waals surface area contributed by atoms with Crippen LogP contribution in [-0.4, -0.2) is 53.6 Å². The van der Waals surface area contributed by atoms with Gasteiger partial charge in [0.1, 0.15) is 12.1 Å². The zero-order valence-corrected chi connectivity index (χ0v) is 17.9. The molecule has 0 bridgehead atoms. The number of nitrogens with zero attached hydrogens (tertiary/aromatic N) is 1.